The summed E-state index contributed by atoms with van der Waals surface area (Å²) in [5, 5.41) is 0. The van der Waals surface area contributed by atoms with Crippen molar-refractivity contribution in [2.45, 2.75) is 63.4 Å². The molecule has 6 nitrogen and oxygen atoms in total. The fourth-order valence-electron chi connectivity index (χ4n) is 3.48. The van der Waals surface area contributed by atoms with E-state index in [-0.39, 0.29) is 10.8 Å². The second-order valence-corrected chi connectivity index (χ2v) is 9.56. The van der Waals surface area contributed by atoms with E-state index in [9.17, 15) is 4.79 Å². The van der Waals surface area contributed by atoms with E-state index in [0.29, 0.717) is 6.61 Å². The summed E-state index contributed by atoms with van der Waals surface area (Å²) in [5.41, 5.74) is 0. The summed E-state index contributed by atoms with van der Waals surface area (Å²) in [5.74, 6) is -3.09. The summed E-state index contributed by atoms with van der Waals surface area (Å²) >= 11 is -0.451. The summed E-state index contributed by atoms with van der Waals surface area (Å²) in [6, 6.07) is 9.65. The number of fused-ring (bicyclic) bond motifs is 3. The molecule has 0 saturated carbocycles. The predicted octanol–water partition coefficient (Wildman–Crippen LogP) is 0.941. The minimum atomic E-state index is -1.43. The Hall–Kier alpha value is -0.791. The molecule has 3 saturated heterocycles. The zero-order valence-electron chi connectivity index (χ0n) is 14.7. The molecule has 0 aliphatic carbocycles. The fourth-order valence-corrected chi connectivity index (χ4v) is 5.27. The van der Waals surface area contributed by atoms with Crippen LogP contribution < -0.4 is 4.46 Å². The first-order chi connectivity index (χ1) is 11.7. The summed E-state index contributed by atoms with van der Waals surface area (Å²) < 4.78 is 30.8. The Morgan fingerprint density at radius 1 is 1.04 bits per heavy atom. The van der Waals surface area contributed by atoms with Crippen molar-refractivity contribution in [2.75, 3.05) is 6.61 Å². The second-order valence-electron chi connectivity index (χ2n) is 7.36. The summed E-state index contributed by atoms with van der Waals surface area (Å²) in [4.78, 5) is 13.2. The van der Waals surface area contributed by atoms with Crippen LogP contribution in [0, 0.1) is 0 Å². The molecular formula is C18H22O6Se. The van der Waals surface area contributed by atoms with E-state index in [4.69, 9.17) is 23.7 Å². The number of carbonyl (C=O) groups is 1. The number of rotatable bonds is 3. The molecule has 0 N–H and O–H groups in total. The molecule has 1 aromatic carbocycles. The monoisotopic (exact) mass is 414 g/mol. The zero-order chi connectivity index (χ0) is 17.9. The maximum atomic E-state index is 13.2. The van der Waals surface area contributed by atoms with E-state index in [1.165, 1.54) is 0 Å². The van der Waals surface area contributed by atoms with Crippen molar-refractivity contribution in [3.8, 4) is 0 Å². The Bertz CT molecular complexity index is 675. The zero-order valence-corrected chi connectivity index (χ0v) is 16.4. The molecular weight excluding hydrogens is 391 g/mol. The van der Waals surface area contributed by atoms with Crippen LogP contribution in [0.25, 0.3) is 0 Å². The van der Waals surface area contributed by atoms with E-state index >= 15 is 0 Å². The Morgan fingerprint density at radius 3 is 2.48 bits per heavy atom. The third kappa shape index (κ3) is 3.08. The van der Waals surface area contributed by atoms with Crippen LogP contribution in [0.5, 0.6) is 0 Å². The van der Waals surface area contributed by atoms with Gasteiger partial charge in [-0.05, 0) is 0 Å². The van der Waals surface area contributed by atoms with Gasteiger partial charge in [0.2, 0.25) is 0 Å². The van der Waals surface area contributed by atoms with Crippen molar-refractivity contribution in [2.24, 2.45) is 0 Å². The van der Waals surface area contributed by atoms with Crippen molar-refractivity contribution in [1.82, 2.24) is 0 Å². The van der Waals surface area contributed by atoms with Crippen molar-refractivity contribution in [1.29, 1.82) is 0 Å². The molecule has 136 valence electrons. The van der Waals surface area contributed by atoms with Crippen LogP contribution >= 0.6 is 0 Å². The Morgan fingerprint density at radius 2 is 1.76 bits per heavy atom. The second kappa shape index (κ2) is 5.86. The average molecular weight is 413 g/mol. The first-order valence-electron chi connectivity index (χ1n) is 8.36. The Kier molecular flexibility index (Phi) is 4.13. The number of hydrogen-bond acceptors (Lipinski definition) is 6. The molecule has 4 rings (SSSR count). The third-order valence-corrected chi connectivity index (χ3v) is 6.48. The Balaban J connectivity index is 1.64. The van der Waals surface area contributed by atoms with Crippen molar-refractivity contribution < 1.29 is 28.5 Å². The van der Waals surface area contributed by atoms with Crippen LogP contribution in [-0.2, 0) is 28.5 Å². The standard InChI is InChI=1S/C18H22O6Se/c1-16(2)20-10-12-13(22-16)14-18(21-12,24-17(3,4)23-14)15(19)25-11-8-6-5-7-9-11/h5-9,12-14H,10H2,1-4H3/t12-,13+,14-,18+/m0/s1. The molecule has 3 aliphatic heterocycles. The van der Waals surface area contributed by atoms with E-state index in [2.05, 4.69) is 0 Å². The molecule has 7 heteroatoms. The molecule has 25 heavy (non-hydrogen) atoms. The van der Waals surface area contributed by atoms with Gasteiger partial charge < -0.3 is 0 Å². The number of carbonyl (C=O) groups excluding carboxylic acids is 1. The van der Waals surface area contributed by atoms with E-state index in [1.54, 1.807) is 13.8 Å². The molecule has 0 unspecified atom stereocenters. The van der Waals surface area contributed by atoms with Gasteiger partial charge in [-0.1, -0.05) is 0 Å². The van der Waals surface area contributed by atoms with Gasteiger partial charge in [0.25, 0.3) is 0 Å². The first kappa shape index (κ1) is 17.6. The van der Waals surface area contributed by atoms with Gasteiger partial charge in [0.05, 0.1) is 0 Å². The van der Waals surface area contributed by atoms with Crippen LogP contribution in [0.15, 0.2) is 30.3 Å². The molecule has 4 atom stereocenters. The third-order valence-electron chi connectivity index (χ3n) is 4.43. The van der Waals surface area contributed by atoms with Gasteiger partial charge in [0.15, 0.2) is 0 Å². The molecule has 0 aromatic heterocycles. The number of ether oxygens (including phenoxy) is 5. The van der Waals surface area contributed by atoms with Gasteiger partial charge >= 0.3 is 153 Å². The normalized spacial score (nSPS) is 38.2. The molecule has 0 bridgehead atoms. The van der Waals surface area contributed by atoms with Gasteiger partial charge in [0.1, 0.15) is 0 Å². The van der Waals surface area contributed by atoms with E-state index < -0.39 is 44.5 Å². The predicted molar refractivity (Wildman–Crippen MR) is 89.4 cm³/mol. The van der Waals surface area contributed by atoms with Crippen LogP contribution in [0.1, 0.15) is 27.7 Å². The summed E-state index contributed by atoms with van der Waals surface area (Å²) in [6.45, 7) is 7.62. The molecule has 1 aromatic rings. The molecule has 0 spiro atoms. The van der Waals surface area contributed by atoms with Gasteiger partial charge in [-0.25, -0.2) is 0 Å². The van der Waals surface area contributed by atoms with Crippen molar-refractivity contribution >= 4 is 24.1 Å². The molecule has 3 fully saturated rings. The molecule has 0 radical (unpaired) electrons. The van der Waals surface area contributed by atoms with Crippen LogP contribution in [-0.4, -0.2) is 61.9 Å². The molecule has 3 heterocycles. The quantitative estimate of drug-likeness (QED) is 0.688. The van der Waals surface area contributed by atoms with Gasteiger partial charge in [-0.2, -0.15) is 0 Å². The minimum absolute atomic E-state index is 0.0995. The van der Waals surface area contributed by atoms with Crippen LogP contribution in [0.2, 0.25) is 0 Å². The Labute approximate surface area is 153 Å². The fraction of sp³-hybridized carbons (Fsp3) is 0.611. The molecule has 3 aliphatic rings. The molecule has 0 amide bonds. The first-order valence-corrected chi connectivity index (χ1v) is 10.1. The van der Waals surface area contributed by atoms with E-state index in [1.807, 2.05) is 44.2 Å². The van der Waals surface area contributed by atoms with E-state index in [0.717, 1.165) is 4.46 Å². The van der Waals surface area contributed by atoms with Crippen molar-refractivity contribution in [3.63, 3.8) is 0 Å². The van der Waals surface area contributed by atoms with Gasteiger partial charge in [-0.15, -0.1) is 0 Å². The number of benzene rings is 1. The average Bonchev–Trinajstić information content (AvgIpc) is 2.96. The van der Waals surface area contributed by atoms with Crippen LogP contribution in [0.4, 0.5) is 0 Å². The maximum absolute atomic E-state index is 13.2. The van der Waals surface area contributed by atoms with Gasteiger partial charge in [-0.3, -0.25) is 0 Å². The summed E-state index contributed by atoms with van der Waals surface area (Å²) in [7, 11) is 0. The topological polar surface area (TPSA) is 63.2 Å². The van der Waals surface area contributed by atoms with Crippen LogP contribution in [0.3, 0.4) is 0 Å². The SMILES string of the molecule is CC1(C)OC[C@@H]2O[C@@]3(C(=O)[Se]c4ccccc4)OC(C)(C)O[C@H]3[C@@H]2O1. The van der Waals surface area contributed by atoms with Crippen molar-refractivity contribution in [3.05, 3.63) is 30.3 Å². The van der Waals surface area contributed by atoms with Gasteiger partial charge in [0, 0.05) is 0 Å². The summed E-state index contributed by atoms with van der Waals surface area (Å²) in [6.07, 6.45) is -1.39. The number of hydrogen-bond donors (Lipinski definition) is 0.